The number of carbonyl (C=O) groups excluding carboxylic acids is 1. The monoisotopic (exact) mass is 392 g/mol. The zero-order valence-electron chi connectivity index (χ0n) is 16.8. The summed E-state index contributed by atoms with van der Waals surface area (Å²) in [5.41, 5.74) is 8.41. The molecule has 3 rings (SSSR count). The summed E-state index contributed by atoms with van der Waals surface area (Å²) in [5, 5.41) is 7.42. The highest BCUT2D eigenvalue weighted by molar-refractivity contribution is 5.95. The number of nitrogen functional groups attached to an aromatic ring is 1. The fourth-order valence-electron chi connectivity index (χ4n) is 3.59. The number of hydrogen-bond donors (Lipinski definition) is 2. The third-order valence-electron chi connectivity index (χ3n) is 5.11. The Morgan fingerprint density at radius 2 is 1.93 bits per heavy atom. The standard InChI is InChI=1S/C24H28N2O3/c1-2-28-21-13-11-18(12-14-21)20-15-22(29-23(27)16-20)6-4-3-5-17-7-9-19(10-8-17)24(25)26/h3,5,7-14,20,22H,2,4,6,15-16H2,1H3,(H3,25,26)/b5-3+/t20-,22-/m0/s1. The van der Waals surface area contributed by atoms with Gasteiger partial charge in [0.2, 0.25) is 0 Å². The van der Waals surface area contributed by atoms with Crippen molar-refractivity contribution in [1.82, 2.24) is 0 Å². The highest BCUT2D eigenvalue weighted by Gasteiger charge is 2.29. The van der Waals surface area contributed by atoms with Crippen LogP contribution in [0.25, 0.3) is 6.08 Å². The Morgan fingerprint density at radius 1 is 1.21 bits per heavy atom. The van der Waals surface area contributed by atoms with Gasteiger partial charge in [-0.2, -0.15) is 0 Å². The SMILES string of the molecule is CCOc1ccc([C@@H]2CC(=O)O[C@@H](CC/C=C/c3ccc(C(=N)N)cc3)C2)cc1. The number of rotatable bonds is 8. The van der Waals surface area contributed by atoms with Crippen LogP contribution in [0.5, 0.6) is 5.75 Å². The molecule has 0 radical (unpaired) electrons. The quantitative estimate of drug-likeness (QED) is 0.389. The maximum Gasteiger partial charge on any atom is 0.306 e. The molecule has 0 amide bonds. The summed E-state index contributed by atoms with van der Waals surface area (Å²) in [6.45, 7) is 2.61. The van der Waals surface area contributed by atoms with E-state index in [1.807, 2.05) is 49.4 Å². The van der Waals surface area contributed by atoms with Crippen molar-refractivity contribution in [3.05, 3.63) is 71.3 Å². The second-order valence-electron chi connectivity index (χ2n) is 7.27. The molecule has 1 aliphatic rings. The number of allylic oxidation sites excluding steroid dienone is 1. The van der Waals surface area contributed by atoms with Gasteiger partial charge in [-0.15, -0.1) is 0 Å². The molecule has 2 atom stereocenters. The molecular weight excluding hydrogens is 364 g/mol. The fourth-order valence-corrected chi connectivity index (χ4v) is 3.59. The third-order valence-corrected chi connectivity index (χ3v) is 5.11. The van der Waals surface area contributed by atoms with Crippen molar-refractivity contribution in [3.63, 3.8) is 0 Å². The Kier molecular flexibility index (Phi) is 7.06. The number of amidine groups is 1. The van der Waals surface area contributed by atoms with Crippen LogP contribution in [-0.2, 0) is 9.53 Å². The van der Waals surface area contributed by atoms with Gasteiger partial charge in [0.1, 0.15) is 17.7 Å². The van der Waals surface area contributed by atoms with Gasteiger partial charge in [0.05, 0.1) is 13.0 Å². The van der Waals surface area contributed by atoms with Crippen LogP contribution in [0.15, 0.2) is 54.6 Å². The molecule has 0 bridgehead atoms. The van der Waals surface area contributed by atoms with Gasteiger partial charge in [-0.05, 0) is 55.4 Å². The molecule has 0 unspecified atom stereocenters. The minimum absolute atomic E-state index is 0.0578. The zero-order chi connectivity index (χ0) is 20.6. The summed E-state index contributed by atoms with van der Waals surface area (Å²) in [4.78, 5) is 12.1. The van der Waals surface area contributed by atoms with Crippen molar-refractivity contribution in [3.8, 4) is 5.75 Å². The number of esters is 1. The normalized spacial score (nSPS) is 19.1. The number of benzene rings is 2. The van der Waals surface area contributed by atoms with Crippen molar-refractivity contribution in [2.45, 2.75) is 44.6 Å². The summed E-state index contributed by atoms with van der Waals surface area (Å²) in [5.74, 6) is 0.998. The molecule has 0 spiro atoms. The van der Waals surface area contributed by atoms with Crippen molar-refractivity contribution in [2.24, 2.45) is 5.73 Å². The van der Waals surface area contributed by atoms with E-state index >= 15 is 0 Å². The smallest absolute Gasteiger partial charge is 0.306 e. The third kappa shape index (κ3) is 5.95. The first kappa shape index (κ1) is 20.6. The summed E-state index contributed by atoms with van der Waals surface area (Å²) < 4.78 is 11.1. The van der Waals surface area contributed by atoms with Crippen molar-refractivity contribution in [2.75, 3.05) is 6.61 Å². The average molecular weight is 392 g/mol. The molecular formula is C24H28N2O3. The Bertz CT molecular complexity index is 857. The largest absolute Gasteiger partial charge is 0.494 e. The highest BCUT2D eigenvalue weighted by atomic mass is 16.5. The molecule has 1 heterocycles. The first-order valence-electron chi connectivity index (χ1n) is 10.1. The van der Waals surface area contributed by atoms with Gasteiger partial charge in [0, 0.05) is 5.56 Å². The minimum atomic E-state index is -0.121. The second-order valence-corrected chi connectivity index (χ2v) is 7.27. The maximum absolute atomic E-state index is 12.1. The maximum atomic E-state index is 12.1. The number of ether oxygens (including phenoxy) is 2. The van der Waals surface area contributed by atoms with E-state index in [0.29, 0.717) is 13.0 Å². The average Bonchev–Trinajstić information content (AvgIpc) is 2.72. The summed E-state index contributed by atoms with van der Waals surface area (Å²) in [6.07, 6.45) is 7.00. The van der Waals surface area contributed by atoms with Crippen LogP contribution in [0.4, 0.5) is 0 Å². The lowest BCUT2D eigenvalue weighted by molar-refractivity contribution is -0.155. The molecule has 1 saturated heterocycles. The van der Waals surface area contributed by atoms with E-state index in [0.717, 1.165) is 41.7 Å². The summed E-state index contributed by atoms with van der Waals surface area (Å²) >= 11 is 0. The molecule has 0 saturated carbocycles. The van der Waals surface area contributed by atoms with Gasteiger partial charge < -0.3 is 15.2 Å². The summed E-state index contributed by atoms with van der Waals surface area (Å²) in [6, 6.07) is 15.6. The second kappa shape index (κ2) is 9.92. The van der Waals surface area contributed by atoms with Crippen LogP contribution in [0, 0.1) is 5.41 Å². The van der Waals surface area contributed by atoms with Gasteiger partial charge >= 0.3 is 5.97 Å². The Hall–Kier alpha value is -3.08. The van der Waals surface area contributed by atoms with Crippen molar-refractivity contribution < 1.29 is 14.3 Å². The lowest BCUT2D eigenvalue weighted by Gasteiger charge is -2.29. The van der Waals surface area contributed by atoms with Crippen molar-refractivity contribution in [1.29, 1.82) is 5.41 Å². The predicted molar refractivity (Wildman–Crippen MR) is 115 cm³/mol. The first-order valence-corrected chi connectivity index (χ1v) is 10.1. The lowest BCUT2D eigenvalue weighted by Crippen LogP contribution is -2.28. The molecule has 1 aliphatic heterocycles. The van der Waals surface area contributed by atoms with Crippen LogP contribution in [-0.4, -0.2) is 24.5 Å². The summed E-state index contributed by atoms with van der Waals surface area (Å²) in [7, 11) is 0. The van der Waals surface area contributed by atoms with E-state index in [-0.39, 0.29) is 23.8 Å². The minimum Gasteiger partial charge on any atom is -0.494 e. The van der Waals surface area contributed by atoms with Crippen LogP contribution in [0.3, 0.4) is 0 Å². The van der Waals surface area contributed by atoms with Gasteiger partial charge in [-0.25, -0.2) is 0 Å². The highest BCUT2D eigenvalue weighted by Crippen LogP contribution is 2.33. The van der Waals surface area contributed by atoms with E-state index in [4.69, 9.17) is 20.6 Å². The molecule has 0 aliphatic carbocycles. The van der Waals surface area contributed by atoms with Crippen LogP contribution in [0.2, 0.25) is 0 Å². The molecule has 1 fully saturated rings. The first-order chi connectivity index (χ1) is 14.0. The van der Waals surface area contributed by atoms with E-state index in [1.165, 1.54) is 0 Å². The molecule has 3 N–H and O–H groups in total. The van der Waals surface area contributed by atoms with Crippen LogP contribution in [0.1, 0.15) is 55.2 Å². The van der Waals surface area contributed by atoms with E-state index in [1.54, 1.807) is 0 Å². The fraction of sp³-hybridized carbons (Fsp3) is 0.333. The predicted octanol–water partition coefficient (Wildman–Crippen LogP) is 4.65. The topological polar surface area (TPSA) is 85.4 Å². The van der Waals surface area contributed by atoms with Crippen molar-refractivity contribution >= 4 is 17.9 Å². The molecule has 5 nitrogen and oxygen atoms in total. The van der Waals surface area contributed by atoms with E-state index < -0.39 is 0 Å². The molecule has 5 heteroatoms. The van der Waals surface area contributed by atoms with Gasteiger partial charge in [-0.1, -0.05) is 48.6 Å². The van der Waals surface area contributed by atoms with Crippen LogP contribution < -0.4 is 10.5 Å². The Labute approximate surface area is 172 Å². The number of nitrogens with one attached hydrogen (secondary N) is 1. The van der Waals surface area contributed by atoms with E-state index in [2.05, 4.69) is 18.2 Å². The molecule has 2 aromatic carbocycles. The molecule has 0 aromatic heterocycles. The lowest BCUT2D eigenvalue weighted by atomic mass is 9.87. The molecule has 152 valence electrons. The van der Waals surface area contributed by atoms with Crippen LogP contribution >= 0.6 is 0 Å². The van der Waals surface area contributed by atoms with Gasteiger partial charge in [0.15, 0.2) is 0 Å². The van der Waals surface area contributed by atoms with E-state index in [9.17, 15) is 4.79 Å². The Balaban J connectivity index is 1.52. The van der Waals surface area contributed by atoms with Gasteiger partial charge in [0.25, 0.3) is 0 Å². The Morgan fingerprint density at radius 3 is 2.59 bits per heavy atom. The number of hydrogen-bond acceptors (Lipinski definition) is 4. The molecule has 29 heavy (non-hydrogen) atoms. The number of nitrogens with two attached hydrogens (primary N) is 1. The number of carbonyl (C=O) groups is 1. The number of cyclic esters (lactones) is 1. The van der Waals surface area contributed by atoms with Gasteiger partial charge in [-0.3, -0.25) is 10.2 Å². The zero-order valence-corrected chi connectivity index (χ0v) is 16.8. The molecule has 2 aromatic rings.